The van der Waals surface area contributed by atoms with Gasteiger partial charge in [0.25, 0.3) is 0 Å². The molecule has 0 spiro atoms. The van der Waals surface area contributed by atoms with Crippen LogP contribution in [-0.4, -0.2) is 39.0 Å². The lowest BCUT2D eigenvalue weighted by Gasteiger charge is -2.31. The summed E-state index contributed by atoms with van der Waals surface area (Å²) in [4.78, 5) is 0.152. The Morgan fingerprint density at radius 3 is 2.89 bits per heavy atom. The SMILES string of the molecule is COC1CCCN(S(=O)(=O)c2cc(Br)ccc2N)C1. The van der Waals surface area contributed by atoms with E-state index in [4.69, 9.17) is 10.5 Å². The summed E-state index contributed by atoms with van der Waals surface area (Å²) in [5, 5.41) is 0. The van der Waals surface area contributed by atoms with E-state index < -0.39 is 10.0 Å². The summed E-state index contributed by atoms with van der Waals surface area (Å²) in [5.41, 5.74) is 6.06. The third-order valence-corrected chi connectivity index (χ3v) is 5.68. The van der Waals surface area contributed by atoms with E-state index >= 15 is 0 Å². The molecule has 1 fully saturated rings. The minimum absolute atomic E-state index is 0.0445. The smallest absolute Gasteiger partial charge is 0.245 e. The van der Waals surface area contributed by atoms with E-state index in [0.29, 0.717) is 17.6 Å². The zero-order valence-electron chi connectivity index (χ0n) is 10.7. The predicted octanol–water partition coefficient (Wildman–Crippen LogP) is 1.83. The molecule has 2 rings (SSSR count). The molecule has 1 unspecified atom stereocenters. The quantitative estimate of drug-likeness (QED) is 0.845. The molecule has 106 valence electrons. The van der Waals surface area contributed by atoms with Crippen molar-refractivity contribution in [1.82, 2.24) is 4.31 Å². The zero-order chi connectivity index (χ0) is 14.0. The maximum absolute atomic E-state index is 12.6. The van der Waals surface area contributed by atoms with E-state index in [1.165, 1.54) is 4.31 Å². The summed E-state index contributed by atoms with van der Waals surface area (Å²) >= 11 is 3.28. The van der Waals surface area contributed by atoms with Crippen molar-refractivity contribution in [3.8, 4) is 0 Å². The number of piperidine rings is 1. The molecular formula is C12H17BrN2O3S. The molecule has 1 heterocycles. The van der Waals surface area contributed by atoms with Gasteiger partial charge in [0.1, 0.15) is 4.90 Å². The van der Waals surface area contributed by atoms with Gasteiger partial charge in [-0.25, -0.2) is 8.42 Å². The monoisotopic (exact) mass is 348 g/mol. The predicted molar refractivity (Wildman–Crippen MR) is 77.3 cm³/mol. The second-order valence-corrected chi connectivity index (χ2v) is 7.37. The minimum atomic E-state index is -3.56. The number of nitrogens with zero attached hydrogens (tertiary/aromatic N) is 1. The van der Waals surface area contributed by atoms with Crippen LogP contribution in [-0.2, 0) is 14.8 Å². The number of nitrogen functional groups attached to an aromatic ring is 1. The molecule has 0 aromatic heterocycles. The third kappa shape index (κ3) is 3.10. The Morgan fingerprint density at radius 1 is 1.47 bits per heavy atom. The summed E-state index contributed by atoms with van der Waals surface area (Å²) < 4.78 is 32.6. The van der Waals surface area contributed by atoms with E-state index in [0.717, 1.165) is 12.8 Å². The number of anilines is 1. The van der Waals surface area contributed by atoms with Gasteiger partial charge < -0.3 is 10.5 Å². The fourth-order valence-corrected chi connectivity index (χ4v) is 4.35. The number of nitrogens with two attached hydrogens (primary N) is 1. The Kier molecular flexibility index (Phi) is 4.50. The van der Waals surface area contributed by atoms with Gasteiger partial charge in [0, 0.05) is 24.7 Å². The maximum atomic E-state index is 12.6. The fourth-order valence-electron chi connectivity index (χ4n) is 2.19. The lowest BCUT2D eigenvalue weighted by molar-refractivity contribution is 0.0572. The van der Waals surface area contributed by atoms with E-state index in [2.05, 4.69) is 15.9 Å². The van der Waals surface area contributed by atoms with Crippen molar-refractivity contribution in [1.29, 1.82) is 0 Å². The Labute approximate surface area is 121 Å². The highest BCUT2D eigenvalue weighted by atomic mass is 79.9. The molecule has 1 aliphatic rings. The molecule has 0 amide bonds. The first kappa shape index (κ1) is 14.8. The van der Waals surface area contributed by atoms with Crippen molar-refractivity contribution in [2.45, 2.75) is 23.8 Å². The number of sulfonamides is 1. The van der Waals surface area contributed by atoms with Crippen molar-refractivity contribution < 1.29 is 13.2 Å². The first-order chi connectivity index (χ1) is 8.95. The molecule has 1 aromatic carbocycles. The third-order valence-electron chi connectivity index (χ3n) is 3.27. The Morgan fingerprint density at radius 2 is 2.21 bits per heavy atom. The van der Waals surface area contributed by atoms with Crippen LogP contribution in [0.5, 0.6) is 0 Å². The second kappa shape index (κ2) is 5.78. The average Bonchev–Trinajstić information content (AvgIpc) is 2.41. The largest absolute Gasteiger partial charge is 0.398 e. The molecule has 1 aromatic rings. The van der Waals surface area contributed by atoms with Crippen molar-refractivity contribution in [3.63, 3.8) is 0 Å². The van der Waals surface area contributed by atoms with Gasteiger partial charge in [0.05, 0.1) is 11.8 Å². The van der Waals surface area contributed by atoms with E-state index in [9.17, 15) is 8.42 Å². The topological polar surface area (TPSA) is 72.6 Å². The minimum Gasteiger partial charge on any atom is -0.398 e. The highest BCUT2D eigenvalue weighted by molar-refractivity contribution is 9.10. The number of halogens is 1. The molecular weight excluding hydrogens is 332 g/mol. The number of rotatable bonds is 3. The van der Waals surface area contributed by atoms with Gasteiger partial charge in [-0.3, -0.25) is 0 Å². The van der Waals surface area contributed by atoms with Crippen LogP contribution < -0.4 is 5.73 Å². The zero-order valence-corrected chi connectivity index (χ0v) is 13.1. The molecule has 0 saturated carbocycles. The van der Waals surface area contributed by atoms with Crippen LogP contribution in [0, 0.1) is 0 Å². The molecule has 5 nitrogen and oxygen atoms in total. The Hall–Kier alpha value is -0.630. The van der Waals surface area contributed by atoms with Crippen LogP contribution >= 0.6 is 15.9 Å². The molecule has 1 saturated heterocycles. The number of hydrogen-bond donors (Lipinski definition) is 1. The van der Waals surface area contributed by atoms with Crippen molar-refractivity contribution in [2.24, 2.45) is 0 Å². The molecule has 19 heavy (non-hydrogen) atoms. The van der Waals surface area contributed by atoms with Gasteiger partial charge >= 0.3 is 0 Å². The van der Waals surface area contributed by atoms with Crippen molar-refractivity contribution in [3.05, 3.63) is 22.7 Å². The number of ether oxygens (including phenoxy) is 1. The Balaban J connectivity index is 2.34. The molecule has 7 heteroatoms. The van der Waals surface area contributed by atoms with E-state index in [-0.39, 0.29) is 16.7 Å². The highest BCUT2D eigenvalue weighted by Crippen LogP contribution is 2.28. The lowest BCUT2D eigenvalue weighted by Crippen LogP contribution is -2.42. The van der Waals surface area contributed by atoms with Crippen molar-refractivity contribution in [2.75, 3.05) is 25.9 Å². The summed E-state index contributed by atoms with van der Waals surface area (Å²) in [6.45, 7) is 0.888. The summed E-state index contributed by atoms with van der Waals surface area (Å²) in [6, 6.07) is 4.86. The van der Waals surface area contributed by atoms with Crippen LogP contribution in [0.4, 0.5) is 5.69 Å². The fraction of sp³-hybridized carbons (Fsp3) is 0.500. The van der Waals surface area contributed by atoms with Gasteiger partial charge in [-0.15, -0.1) is 0 Å². The van der Waals surface area contributed by atoms with Gasteiger partial charge in [0.15, 0.2) is 0 Å². The van der Waals surface area contributed by atoms with Crippen LogP contribution in [0.15, 0.2) is 27.6 Å². The first-order valence-corrected chi connectivity index (χ1v) is 8.26. The summed E-state index contributed by atoms with van der Waals surface area (Å²) in [6.07, 6.45) is 1.64. The average molecular weight is 349 g/mol. The maximum Gasteiger partial charge on any atom is 0.245 e. The lowest BCUT2D eigenvalue weighted by atomic mass is 10.1. The van der Waals surface area contributed by atoms with Gasteiger partial charge in [0.2, 0.25) is 10.0 Å². The van der Waals surface area contributed by atoms with Gasteiger partial charge in [-0.05, 0) is 31.0 Å². The normalized spacial score (nSPS) is 21.5. The Bertz CT molecular complexity index is 562. The van der Waals surface area contributed by atoms with E-state index in [1.54, 1.807) is 25.3 Å². The molecule has 1 atom stereocenters. The molecule has 0 radical (unpaired) electrons. The molecule has 2 N–H and O–H groups in total. The van der Waals surface area contributed by atoms with Crippen LogP contribution in [0.1, 0.15) is 12.8 Å². The molecule has 0 aliphatic carbocycles. The number of hydrogen-bond acceptors (Lipinski definition) is 4. The summed E-state index contributed by atoms with van der Waals surface area (Å²) in [5.74, 6) is 0. The molecule has 0 bridgehead atoms. The standard InChI is InChI=1S/C12H17BrN2O3S/c1-18-10-3-2-6-15(8-10)19(16,17)12-7-9(13)4-5-11(12)14/h4-5,7,10H,2-3,6,8,14H2,1H3. The molecule has 1 aliphatic heterocycles. The second-order valence-electron chi connectivity index (χ2n) is 4.55. The van der Waals surface area contributed by atoms with Crippen LogP contribution in [0.3, 0.4) is 0 Å². The number of benzene rings is 1. The first-order valence-electron chi connectivity index (χ1n) is 6.03. The van der Waals surface area contributed by atoms with Gasteiger partial charge in [-0.1, -0.05) is 15.9 Å². The number of methoxy groups -OCH3 is 1. The van der Waals surface area contributed by atoms with Crippen molar-refractivity contribution >= 4 is 31.6 Å². The van der Waals surface area contributed by atoms with Gasteiger partial charge in [-0.2, -0.15) is 4.31 Å². The summed E-state index contributed by atoms with van der Waals surface area (Å²) in [7, 11) is -1.95. The van der Waals surface area contributed by atoms with Crippen LogP contribution in [0.2, 0.25) is 0 Å². The van der Waals surface area contributed by atoms with E-state index in [1.807, 2.05) is 0 Å². The van der Waals surface area contributed by atoms with Crippen LogP contribution in [0.25, 0.3) is 0 Å². The highest BCUT2D eigenvalue weighted by Gasteiger charge is 2.31.